The predicted molar refractivity (Wildman–Crippen MR) is 72.2 cm³/mol. The molecule has 1 aromatic carbocycles. The molecule has 0 fully saturated rings. The molecule has 0 saturated carbocycles. The van der Waals surface area contributed by atoms with Crippen LogP contribution in [0.15, 0.2) is 18.2 Å². The maximum absolute atomic E-state index is 11.0. The minimum absolute atomic E-state index is 0.0664. The first-order valence-corrected chi connectivity index (χ1v) is 5.92. The largest absolute Gasteiger partial charge is 0.495 e. The van der Waals surface area contributed by atoms with E-state index in [2.05, 4.69) is 5.32 Å². The Morgan fingerprint density at radius 1 is 1.56 bits per heavy atom. The molecule has 0 heterocycles. The number of nitrogens with one attached hydrogen (secondary N) is 1. The first kappa shape index (κ1) is 14.6. The van der Waals surface area contributed by atoms with E-state index >= 15 is 0 Å². The molecule has 0 spiro atoms. The molecule has 0 aliphatic carbocycles. The fraction of sp³-hybridized carbons (Fsp3) is 0.417. The third kappa shape index (κ3) is 4.09. The van der Waals surface area contributed by atoms with E-state index in [0.717, 1.165) is 0 Å². The van der Waals surface area contributed by atoms with E-state index in [9.17, 15) is 4.79 Å². The molecule has 0 aliphatic rings. The molecule has 1 aromatic rings. The zero-order valence-corrected chi connectivity index (χ0v) is 11.2. The maximum atomic E-state index is 11.0. The second-order valence-corrected chi connectivity index (χ2v) is 4.14. The number of hydrogen-bond donors (Lipinski definition) is 2. The molecule has 0 aromatic heterocycles. The molecule has 1 amide bonds. The van der Waals surface area contributed by atoms with Crippen LogP contribution in [0.3, 0.4) is 0 Å². The molecule has 0 saturated heterocycles. The Bertz CT molecular complexity index is 412. The first-order chi connectivity index (χ1) is 8.58. The van der Waals surface area contributed by atoms with Crippen LogP contribution in [0.2, 0.25) is 0 Å². The molecule has 2 N–H and O–H groups in total. The highest BCUT2D eigenvalue weighted by Gasteiger charge is 2.11. The summed E-state index contributed by atoms with van der Waals surface area (Å²) in [5, 5.41) is 11.5. The van der Waals surface area contributed by atoms with E-state index in [1.54, 1.807) is 25.3 Å². The summed E-state index contributed by atoms with van der Waals surface area (Å²) >= 11 is 6.11. The van der Waals surface area contributed by atoms with Crippen LogP contribution in [-0.4, -0.2) is 31.3 Å². The predicted octanol–water partition coefficient (Wildman–Crippen LogP) is 2.00. The van der Waals surface area contributed by atoms with Crippen molar-refractivity contribution < 1.29 is 14.6 Å². The molecule has 1 rings (SSSR count). The summed E-state index contributed by atoms with van der Waals surface area (Å²) in [5.74, 6) is 0.458. The van der Waals surface area contributed by atoms with Crippen molar-refractivity contribution in [2.24, 2.45) is 0 Å². The van der Waals surface area contributed by atoms with Crippen molar-refractivity contribution in [1.82, 2.24) is 0 Å². The quantitative estimate of drug-likeness (QED) is 0.778. The lowest BCUT2D eigenvalue weighted by molar-refractivity contribution is -0.114. The van der Waals surface area contributed by atoms with Crippen molar-refractivity contribution in [3.63, 3.8) is 0 Å². The average molecular weight is 273 g/mol. The second-order valence-electron chi connectivity index (χ2n) is 3.73. The van der Waals surface area contributed by atoms with Gasteiger partial charge in [0.15, 0.2) is 0 Å². The zero-order chi connectivity index (χ0) is 13.5. The van der Waals surface area contributed by atoms with E-state index in [1.807, 2.05) is 0 Å². The summed E-state index contributed by atoms with van der Waals surface area (Å²) < 4.78 is 6.66. The van der Waals surface area contributed by atoms with Gasteiger partial charge >= 0.3 is 0 Å². The molecule has 6 heteroatoms. The number of aliphatic hydroxyl groups is 1. The van der Waals surface area contributed by atoms with Crippen molar-refractivity contribution in [2.75, 3.05) is 30.0 Å². The van der Waals surface area contributed by atoms with Crippen LogP contribution in [0.5, 0.6) is 5.75 Å². The summed E-state index contributed by atoms with van der Waals surface area (Å²) in [6.07, 6.45) is 0.553. The number of amides is 1. The fourth-order valence-corrected chi connectivity index (χ4v) is 1.74. The van der Waals surface area contributed by atoms with Crippen molar-refractivity contribution in [3.05, 3.63) is 18.2 Å². The molecule has 0 bridgehead atoms. The van der Waals surface area contributed by atoms with Crippen LogP contribution in [-0.2, 0) is 4.79 Å². The number of nitrogens with zero attached hydrogens (tertiary/aromatic N) is 1. The number of anilines is 2. The van der Waals surface area contributed by atoms with Gasteiger partial charge in [0.2, 0.25) is 5.91 Å². The van der Waals surface area contributed by atoms with Crippen molar-refractivity contribution in [3.8, 4) is 5.75 Å². The van der Waals surface area contributed by atoms with Crippen LogP contribution in [0, 0.1) is 0 Å². The smallest absolute Gasteiger partial charge is 0.221 e. The summed E-state index contributed by atoms with van der Waals surface area (Å²) in [6.45, 7) is 1.99. The van der Waals surface area contributed by atoms with Gasteiger partial charge in [-0.05, 0) is 24.6 Å². The number of benzene rings is 1. The highest BCUT2D eigenvalue weighted by molar-refractivity contribution is 6.26. The van der Waals surface area contributed by atoms with Crippen molar-refractivity contribution in [2.45, 2.75) is 13.3 Å². The normalized spacial score (nSPS) is 10.0. The van der Waals surface area contributed by atoms with Crippen LogP contribution in [0.4, 0.5) is 11.4 Å². The van der Waals surface area contributed by atoms with Gasteiger partial charge in [0.1, 0.15) is 5.75 Å². The summed E-state index contributed by atoms with van der Waals surface area (Å²) in [4.78, 5) is 11.0. The van der Waals surface area contributed by atoms with Crippen LogP contribution in [0.25, 0.3) is 0 Å². The zero-order valence-electron chi connectivity index (χ0n) is 10.4. The van der Waals surface area contributed by atoms with Gasteiger partial charge in [0.05, 0.1) is 12.8 Å². The van der Waals surface area contributed by atoms with Gasteiger partial charge in [-0.25, -0.2) is 0 Å². The average Bonchev–Trinajstić information content (AvgIpc) is 2.35. The Morgan fingerprint density at radius 3 is 2.83 bits per heavy atom. The monoisotopic (exact) mass is 272 g/mol. The van der Waals surface area contributed by atoms with Crippen LogP contribution < -0.4 is 14.5 Å². The Hall–Kier alpha value is -1.46. The van der Waals surface area contributed by atoms with Crippen LogP contribution in [0.1, 0.15) is 13.3 Å². The third-order valence-corrected chi connectivity index (χ3v) is 2.62. The lowest BCUT2D eigenvalue weighted by Crippen LogP contribution is -2.15. The summed E-state index contributed by atoms with van der Waals surface area (Å²) in [6, 6.07) is 5.19. The van der Waals surface area contributed by atoms with Gasteiger partial charge in [0, 0.05) is 37.5 Å². The Labute approximate surface area is 111 Å². The number of halogens is 1. The standard InChI is InChI=1S/C12H17ClN2O3/c1-9(17)14-10-4-5-12(18-2)11(8-10)15(13)6-3-7-16/h4-5,8,16H,3,6-7H2,1-2H3,(H,14,17). The number of hydrogen-bond acceptors (Lipinski definition) is 4. The summed E-state index contributed by atoms with van der Waals surface area (Å²) in [7, 11) is 1.55. The van der Waals surface area contributed by atoms with Gasteiger partial charge in [0.25, 0.3) is 0 Å². The molecular formula is C12H17ClN2O3. The molecule has 0 radical (unpaired) electrons. The molecule has 0 aliphatic heterocycles. The topological polar surface area (TPSA) is 61.8 Å². The van der Waals surface area contributed by atoms with Crippen molar-refractivity contribution in [1.29, 1.82) is 0 Å². The van der Waals surface area contributed by atoms with E-state index < -0.39 is 0 Å². The number of ether oxygens (including phenoxy) is 1. The molecule has 0 unspecified atom stereocenters. The van der Waals surface area contributed by atoms with Crippen molar-refractivity contribution >= 4 is 29.1 Å². The van der Waals surface area contributed by atoms with Gasteiger partial charge in [-0.2, -0.15) is 0 Å². The van der Waals surface area contributed by atoms with Gasteiger partial charge in [-0.15, -0.1) is 0 Å². The highest BCUT2D eigenvalue weighted by atomic mass is 35.5. The van der Waals surface area contributed by atoms with E-state index in [-0.39, 0.29) is 12.5 Å². The van der Waals surface area contributed by atoms with E-state index in [0.29, 0.717) is 30.1 Å². The minimum Gasteiger partial charge on any atom is -0.495 e. The SMILES string of the molecule is COc1ccc(NC(C)=O)cc1N(Cl)CCCO. The van der Waals surface area contributed by atoms with Gasteiger partial charge in [-0.3, -0.25) is 9.21 Å². The lowest BCUT2D eigenvalue weighted by Gasteiger charge is -2.19. The molecule has 0 atom stereocenters. The number of carbonyl (C=O) groups excluding carboxylic acids is 1. The summed E-state index contributed by atoms with van der Waals surface area (Å²) in [5.41, 5.74) is 1.30. The lowest BCUT2D eigenvalue weighted by atomic mass is 10.2. The van der Waals surface area contributed by atoms with E-state index in [4.69, 9.17) is 21.6 Å². The molecular weight excluding hydrogens is 256 g/mol. The first-order valence-electron chi connectivity index (χ1n) is 5.58. The molecule has 100 valence electrons. The fourth-order valence-electron chi connectivity index (χ4n) is 1.49. The maximum Gasteiger partial charge on any atom is 0.221 e. The highest BCUT2D eigenvalue weighted by Crippen LogP contribution is 2.32. The minimum atomic E-state index is -0.150. The Morgan fingerprint density at radius 2 is 2.28 bits per heavy atom. The Kier molecular flexibility index (Phi) is 5.74. The van der Waals surface area contributed by atoms with Gasteiger partial charge in [-0.1, -0.05) is 0 Å². The number of carbonyl (C=O) groups is 1. The number of rotatable bonds is 6. The Balaban J connectivity index is 2.93. The number of aliphatic hydroxyl groups excluding tert-OH is 1. The van der Waals surface area contributed by atoms with E-state index in [1.165, 1.54) is 11.3 Å². The van der Waals surface area contributed by atoms with Gasteiger partial charge < -0.3 is 15.2 Å². The molecule has 18 heavy (non-hydrogen) atoms. The van der Waals surface area contributed by atoms with Crippen LogP contribution >= 0.6 is 11.8 Å². The third-order valence-electron chi connectivity index (χ3n) is 2.27. The number of methoxy groups -OCH3 is 1. The molecule has 5 nitrogen and oxygen atoms in total. The second kappa shape index (κ2) is 7.08.